The van der Waals surface area contributed by atoms with Gasteiger partial charge < -0.3 is 15.4 Å². The standard InChI is InChI=1S/C23H23F3N4O2/c1-14-3-7-16(8-4-14)19-11-20(23(24,25)26)30-21(29-19)18(13-28-30)22(31)27-12-15-5-9-17(32-2)10-6-15/h3-10,13,19-20,29H,11-12H2,1-2H3,(H,27,31)/t19-,20-/m1/s1. The van der Waals surface area contributed by atoms with Crippen LogP contribution in [0.4, 0.5) is 19.0 Å². The van der Waals surface area contributed by atoms with Gasteiger partial charge >= 0.3 is 6.18 Å². The number of alkyl halides is 3. The number of carbonyl (C=O) groups excluding carboxylic acids is 1. The van der Waals surface area contributed by atoms with Gasteiger partial charge in [0.05, 0.1) is 19.3 Å². The third kappa shape index (κ3) is 4.42. The molecule has 2 heterocycles. The van der Waals surface area contributed by atoms with Crippen molar-refractivity contribution in [3.8, 4) is 5.75 Å². The number of rotatable bonds is 5. The van der Waals surface area contributed by atoms with Crippen molar-refractivity contribution in [2.45, 2.75) is 38.1 Å². The Hall–Kier alpha value is -3.49. The Labute approximate surface area is 183 Å². The van der Waals surface area contributed by atoms with E-state index < -0.39 is 24.2 Å². The van der Waals surface area contributed by atoms with Gasteiger partial charge in [-0.05, 0) is 30.2 Å². The van der Waals surface area contributed by atoms with Gasteiger partial charge in [0.2, 0.25) is 0 Å². The molecule has 2 atom stereocenters. The summed E-state index contributed by atoms with van der Waals surface area (Å²) < 4.78 is 47.4. The molecule has 3 aromatic rings. The van der Waals surface area contributed by atoms with E-state index in [4.69, 9.17) is 4.74 Å². The highest BCUT2D eigenvalue weighted by atomic mass is 19.4. The summed E-state index contributed by atoms with van der Waals surface area (Å²) in [7, 11) is 1.56. The first-order valence-corrected chi connectivity index (χ1v) is 10.1. The number of carbonyl (C=O) groups is 1. The van der Waals surface area contributed by atoms with Crippen LogP contribution in [0, 0.1) is 6.92 Å². The fourth-order valence-electron chi connectivity index (χ4n) is 3.77. The number of aryl methyl sites for hydroxylation is 1. The van der Waals surface area contributed by atoms with Crippen LogP contribution in [0.1, 0.15) is 45.6 Å². The van der Waals surface area contributed by atoms with Crippen molar-refractivity contribution >= 4 is 11.7 Å². The van der Waals surface area contributed by atoms with Crippen LogP contribution in [0.2, 0.25) is 0 Å². The van der Waals surface area contributed by atoms with Gasteiger partial charge in [-0.25, -0.2) is 4.68 Å². The van der Waals surface area contributed by atoms with E-state index in [1.807, 2.05) is 19.1 Å². The Morgan fingerprint density at radius 2 is 1.88 bits per heavy atom. The number of benzene rings is 2. The van der Waals surface area contributed by atoms with Crippen LogP contribution in [0.15, 0.2) is 54.7 Å². The van der Waals surface area contributed by atoms with Crippen LogP contribution in [0.5, 0.6) is 5.75 Å². The molecule has 2 aromatic carbocycles. The molecule has 6 nitrogen and oxygen atoms in total. The van der Waals surface area contributed by atoms with Crippen molar-refractivity contribution in [2.75, 3.05) is 12.4 Å². The number of anilines is 1. The summed E-state index contributed by atoms with van der Waals surface area (Å²) in [5.41, 5.74) is 2.64. The number of fused-ring (bicyclic) bond motifs is 1. The lowest BCUT2D eigenvalue weighted by Crippen LogP contribution is -2.36. The van der Waals surface area contributed by atoms with Gasteiger partial charge in [-0.3, -0.25) is 4.79 Å². The first-order valence-electron chi connectivity index (χ1n) is 10.1. The van der Waals surface area contributed by atoms with Crippen LogP contribution >= 0.6 is 0 Å². The van der Waals surface area contributed by atoms with Crippen LogP contribution in [0.25, 0.3) is 0 Å². The maximum absolute atomic E-state index is 13.8. The minimum atomic E-state index is -4.50. The number of hydrogen-bond acceptors (Lipinski definition) is 4. The lowest BCUT2D eigenvalue weighted by Gasteiger charge is -2.34. The maximum Gasteiger partial charge on any atom is 0.410 e. The fourth-order valence-corrected chi connectivity index (χ4v) is 3.77. The minimum absolute atomic E-state index is 0.0661. The van der Waals surface area contributed by atoms with Crippen LogP contribution in [-0.4, -0.2) is 29.0 Å². The van der Waals surface area contributed by atoms with Gasteiger partial charge in [0.15, 0.2) is 6.04 Å². The number of halogens is 3. The molecule has 0 aliphatic carbocycles. The molecule has 2 N–H and O–H groups in total. The average Bonchev–Trinajstić information content (AvgIpc) is 3.21. The third-order valence-electron chi connectivity index (χ3n) is 5.57. The Bertz CT molecular complexity index is 1090. The van der Waals surface area contributed by atoms with Crippen molar-refractivity contribution in [1.82, 2.24) is 15.1 Å². The van der Waals surface area contributed by atoms with E-state index >= 15 is 0 Å². The Morgan fingerprint density at radius 3 is 2.50 bits per heavy atom. The number of amides is 1. The highest BCUT2D eigenvalue weighted by Crippen LogP contribution is 2.44. The summed E-state index contributed by atoms with van der Waals surface area (Å²) in [5.74, 6) is 0.256. The smallest absolute Gasteiger partial charge is 0.410 e. The van der Waals surface area contributed by atoms with E-state index in [1.54, 1.807) is 43.5 Å². The maximum atomic E-state index is 13.8. The zero-order chi connectivity index (χ0) is 22.9. The quantitative estimate of drug-likeness (QED) is 0.594. The Balaban J connectivity index is 1.58. The fraction of sp³-hybridized carbons (Fsp3) is 0.304. The predicted molar refractivity (Wildman–Crippen MR) is 114 cm³/mol. The van der Waals surface area contributed by atoms with Crippen LogP contribution in [0.3, 0.4) is 0 Å². The van der Waals surface area contributed by atoms with Gasteiger partial charge in [-0.15, -0.1) is 0 Å². The molecule has 0 bridgehead atoms. The number of hydrogen-bond donors (Lipinski definition) is 2. The van der Waals surface area contributed by atoms with Crippen molar-refractivity contribution in [3.63, 3.8) is 0 Å². The minimum Gasteiger partial charge on any atom is -0.497 e. The molecule has 32 heavy (non-hydrogen) atoms. The topological polar surface area (TPSA) is 68.2 Å². The van der Waals surface area contributed by atoms with Crippen molar-refractivity contribution in [3.05, 3.63) is 77.0 Å². The van der Waals surface area contributed by atoms with Crippen molar-refractivity contribution in [1.29, 1.82) is 0 Å². The summed E-state index contributed by atoms with van der Waals surface area (Å²) >= 11 is 0. The zero-order valence-electron chi connectivity index (χ0n) is 17.6. The molecule has 1 amide bonds. The number of nitrogens with zero attached hydrogens (tertiary/aromatic N) is 2. The largest absolute Gasteiger partial charge is 0.497 e. The second kappa shape index (κ2) is 8.57. The second-order valence-electron chi connectivity index (χ2n) is 7.78. The molecule has 9 heteroatoms. The Morgan fingerprint density at radius 1 is 1.19 bits per heavy atom. The van der Waals surface area contributed by atoms with Crippen molar-refractivity contribution in [2.24, 2.45) is 0 Å². The van der Waals surface area contributed by atoms with E-state index in [1.165, 1.54) is 6.20 Å². The van der Waals surface area contributed by atoms with Crippen LogP contribution in [-0.2, 0) is 6.54 Å². The van der Waals surface area contributed by atoms with Crippen molar-refractivity contribution < 1.29 is 22.7 Å². The highest BCUT2D eigenvalue weighted by molar-refractivity contribution is 5.98. The van der Waals surface area contributed by atoms with E-state index in [9.17, 15) is 18.0 Å². The van der Waals surface area contributed by atoms with E-state index in [0.717, 1.165) is 21.4 Å². The molecule has 0 saturated heterocycles. The summed E-state index contributed by atoms with van der Waals surface area (Å²) in [6, 6.07) is 12.0. The number of aromatic nitrogens is 2. The summed E-state index contributed by atoms with van der Waals surface area (Å²) in [6.45, 7) is 2.13. The SMILES string of the molecule is COc1ccc(CNC(=O)c2cnn3c2N[C@@H](c2ccc(C)cc2)C[C@@H]3C(F)(F)F)cc1. The second-order valence-corrected chi connectivity index (χ2v) is 7.78. The average molecular weight is 444 g/mol. The first kappa shape index (κ1) is 21.7. The molecular weight excluding hydrogens is 421 g/mol. The van der Waals surface area contributed by atoms with Gasteiger partial charge in [0.1, 0.15) is 17.1 Å². The molecule has 0 saturated carbocycles. The third-order valence-corrected chi connectivity index (χ3v) is 5.57. The molecular formula is C23H23F3N4O2. The highest BCUT2D eigenvalue weighted by Gasteiger charge is 2.47. The van der Waals surface area contributed by atoms with Gasteiger partial charge in [0.25, 0.3) is 5.91 Å². The van der Waals surface area contributed by atoms with E-state index in [-0.39, 0.29) is 24.3 Å². The van der Waals surface area contributed by atoms with Gasteiger partial charge in [-0.2, -0.15) is 18.3 Å². The van der Waals surface area contributed by atoms with Gasteiger partial charge in [0, 0.05) is 13.0 Å². The zero-order valence-corrected chi connectivity index (χ0v) is 17.6. The summed E-state index contributed by atoms with van der Waals surface area (Å²) in [4.78, 5) is 12.8. The molecule has 168 valence electrons. The molecule has 1 aliphatic heterocycles. The molecule has 0 unspecified atom stereocenters. The van der Waals surface area contributed by atoms with Crippen LogP contribution < -0.4 is 15.4 Å². The number of methoxy groups -OCH3 is 1. The summed E-state index contributed by atoms with van der Waals surface area (Å²) in [6.07, 6.45) is -3.53. The lowest BCUT2D eigenvalue weighted by molar-refractivity contribution is -0.173. The lowest BCUT2D eigenvalue weighted by atomic mass is 9.96. The molecule has 1 aromatic heterocycles. The predicted octanol–water partition coefficient (Wildman–Crippen LogP) is 4.79. The normalized spacial score (nSPS) is 17.9. The number of ether oxygens (including phenoxy) is 1. The van der Waals surface area contributed by atoms with E-state index in [0.29, 0.717) is 5.75 Å². The molecule has 0 spiro atoms. The van der Waals surface area contributed by atoms with Gasteiger partial charge in [-0.1, -0.05) is 42.0 Å². The summed E-state index contributed by atoms with van der Waals surface area (Å²) in [5, 5.41) is 9.75. The molecule has 0 fully saturated rings. The molecule has 0 radical (unpaired) electrons. The first-order chi connectivity index (χ1) is 15.3. The van der Waals surface area contributed by atoms with E-state index in [2.05, 4.69) is 15.7 Å². The monoisotopic (exact) mass is 444 g/mol. The Kier molecular flexibility index (Phi) is 5.82. The number of nitrogens with one attached hydrogen (secondary N) is 2. The molecule has 1 aliphatic rings. The molecule has 4 rings (SSSR count).